The van der Waals surface area contributed by atoms with Gasteiger partial charge in [-0.15, -0.1) is 0 Å². The number of benzene rings is 3. The van der Waals surface area contributed by atoms with E-state index < -0.39 is 63.7 Å². The van der Waals surface area contributed by atoms with Crippen LogP contribution in [0.2, 0.25) is 0 Å². The number of fused-ring (bicyclic) bond motifs is 1. The van der Waals surface area contributed by atoms with Crippen LogP contribution in [-0.4, -0.2) is 27.1 Å². The van der Waals surface area contributed by atoms with Gasteiger partial charge in [0, 0.05) is 29.5 Å². The van der Waals surface area contributed by atoms with Gasteiger partial charge in [-0.05, 0) is 36.4 Å². The normalized spacial score (nSPS) is 13.6. The van der Waals surface area contributed by atoms with Gasteiger partial charge in [-0.1, -0.05) is 24.3 Å². The molecule has 10 heteroatoms. The molecule has 37 heavy (non-hydrogen) atoms. The third-order valence-electron chi connectivity index (χ3n) is 5.96. The highest BCUT2D eigenvalue weighted by molar-refractivity contribution is 6.23. The fourth-order valence-electron chi connectivity index (χ4n) is 4.25. The number of hydrogen-bond acceptors (Lipinski definition) is 4. The lowest BCUT2D eigenvalue weighted by Gasteiger charge is -2.26. The lowest BCUT2D eigenvalue weighted by Crippen LogP contribution is -2.39. The van der Waals surface area contributed by atoms with E-state index in [1.807, 2.05) is 0 Å². The fraction of sp³-hybridized carbons (Fsp3) is 0.0370. The Labute approximate surface area is 206 Å². The van der Waals surface area contributed by atoms with Gasteiger partial charge in [-0.2, -0.15) is 0 Å². The van der Waals surface area contributed by atoms with Crippen LogP contribution in [0, 0.1) is 23.3 Å². The molecule has 3 aromatic carbocycles. The van der Waals surface area contributed by atoms with Gasteiger partial charge in [-0.25, -0.2) is 17.6 Å². The molecule has 1 aliphatic rings. The number of carbonyl (C=O) groups is 3. The molecule has 0 fully saturated rings. The Morgan fingerprint density at radius 1 is 0.703 bits per heavy atom. The molecule has 1 unspecified atom stereocenters. The summed E-state index contributed by atoms with van der Waals surface area (Å²) in [7, 11) is 0. The monoisotopic (exact) mass is 506 g/mol. The standard InChI is InChI=1S/C27H14F4N2O4/c28-15-9-10-18(21(31)12-15)23(33-26(36)16-4-1-2-5-17(16)27(33)37)25(35)14-8-11-22(34)32(13-14)24-19(29)6-3-7-20(24)30/h1-13,23H. The quantitative estimate of drug-likeness (QED) is 0.225. The van der Waals surface area contributed by atoms with E-state index in [4.69, 9.17) is 0 Å². The van der Waals surface area contributed by atoms with E-state index >= 15 is 0 Å². The number of hydrogen-bond donors (Lipinski definition) is 0. The number of para-hydroxylation sites is 1. The van der Waals surface area contributed by atoms with Crippen LogP contribution in [0.1, 0.15) is 42.7 Å². The van der Waals surface area contributed by atoms with Gasteiger partial charge in [0.05, 0.1) is 11.1 Å². The van der Waals surface area contributed by atoms with Crippen molar-refractivity contribution < 1.29 is 31.9 Å². The first-order valence-corrected chi connectivity index (χ1v) is 10.8. The van der Waals surface area contributed by atoms with Crippen molar-refractivity contribution >= 4 is 17.6 Å². The maximum atomic E-state index is 14.9. The summed E-state index contributed by atoms with van der Waals surface area (Å²) in [5, 5.41) is 0. The highest BCUT2D eigenvalue weighted by Crippen LogP contribution is 2.35. The Hall–Kier alpha value is -4.86. The van der Waals surface area contributed by atoms with Crippen LogP contribution in [0.25, 0.3) is 5.69 Å². The molecular formula is C27H14F4N2O4. The molecule has 0 bridgehead atoms. The average molecular weight is 506 g/mol. The largest absolute Gasteiger partial charge is 0.291 e. The van der Waals surface area contributed by atoms with Crippen LogP contribution in [0.15, 0.2) is 83.8 Å². The summed E-state index contributed by atoms with van der Waals surface area (Å²) in [5.41, 5.74) is -2.54. The molecule has 6 nitrogen and oxygen atoms in total. The van der Waals surface area contributed by atoms with E-state index in [0.29, 0.717) is 15.5 Å². The molecule has 0 aliphatic carbocycles. The molecule has 0 saturated carbocycles. The summed E-state index contributed by atoms with van der Waals surface area (Å²) in [6, 6.07) is 10.9. The number of Topliss-reactive ketones (excluding diaryl/α,β-unsaturated/α-hetero) is 1. The second-order valence-corrected chi connectivity index (χ2v) is 8.15. The van der Waals surface area contributed by atoms with Crippen molar-refractivity contribution in [1.82, 2.24) is 9.47 Å². The maximum Gasteiger partial charge on any atom is 0.262 e. The van der Waals surface area contributed by atoms with Crippen molar-refractivity contribution in [1.29, 1.82) is 0 Å². The van der Waals surface area contributed by atoms with Gasteiger partial charge >= 0.3 is 0 Å². The SMILES string of the molecule is O=C(c1ccc(=O)n(-c2c(F)cccc2F)c1)C(c1ccc(F)cc1F)N1C(=O)c2ccccc2C1=O. The Kier molecular flexibility index (Phi) is 5.79. The van der Waals surface area contributed by atoms with E-state index in [1.165, 1.54) is 24.3 Å². The van der Waals surface area contributed by atoms with Crippen LogP contribution >= 0.6 is 0 Å². The summed E-state index contributed by atoms with van der Waals surface area (Å²) >= 11 is 0. The summed E-state index contributed by atoms with van der Waals surface area (Å²) in [4.78, 5) is 53.1. The molecule has 0 N–H and O–H groups in total. The predicted octanol–water partition coefficient (Wildman–Crippen LogP) is 4.61. The maximum absolute atomic E-state index is 14.9. The Bertz CT molecular complexity index is 1630. The number of carbonyl (C=O) groups excluding carboxylic acids is 3. The van der Waals surface area contributed by atoms with Crippen LogP contribution in [-0.2, 0) is 0 Å². The zero-order valence-electron chi connectivity index (χ0n) is 18.6. The minimum Gasteiger partial charge on any atom is -0.291 e. The third-order valence-corrected chi connectivity index (χ3v) is 5.96. The Morgan fingerprint density at radius 3 is 1.92 bits per heavy atom. The number of ketones is 1. The molecule has 0 spiro atoms. The molecule has 2 amide bonds. The summed E-state index contributed by atoms with van der Waals surface area (Å²) in [6.45, 7) is 0. The molecule has 1 atom stereocenters. The smallest absolute Gasteiger partial charge is 0.262 e. The van der Waals surface area contributed by atoms with Crippen molar-refractivity contribution in [3.8, 4) is 5.69 Å². The van der Waals surface area contributed by atoms with Crippen molar-refractivity contribution in [2.75, 3.05) is 0 Å². The minimum absolute atomic E-state index is 0.0220. The van der Waals surface area contributed by atoms with E-state index in [9.17, 15) is 36.7 Å². The summed E-state index contributed by atoms with van der Waals surface area (Å²) in [6.07, 6.45) is 0.832. The van der Waals surface area contributed by atoms with Crippen molar-refractivity contribution in [3.63, 3.8) is 0 Å². The van der Waals surface area contributed by atoms with Gasteiger partial charge in [0.1, 0.15) is 35.0 Å². The highest BCUT2D eigenvalue weighted by Gasteiger charge is 2.44. The first-order chi connectivity index (χ1) is 17.7. The number of imide groups is 1. The zero-order valence-corrected chi connectivity index (χ0v) is 18.6. The van der Waals surface area contributed by atoms with Crippen molar-refractivity contribution in [3.05, 3.63) is 135 Å². The molecule has 1 aliphatic heterocycles. The van der Waals surface area contributed by atoms with Crippen LogP contribution in [0.5, 0.6) is 0 Å². The van der Waals surface area contributed by atoms with Gasteiger partial charge in [-0.3, -0.25) is 28.6 Å². The van der Waals surface area contributed by atoms with Crippen molar-refractivity contribution in [2.24, 2.45) is 0 Å². The number of aromatic nitrogens is 1. The number of rotatable bonds is 5. The molecule has 4 aromatic rings. The molecule has 184 valence electrons. The van der Waals surface area contributed by atoms with Crippen LogP contribution in [0.3, 0.4) is 0 Å². The zero-order chi connectivity index (χ0) is 26.4. The summed E-state index contributed by atoms with van der Waals surface area (Å²) in [5.74, 6) is -7.18. The minimum atomic E-state index is -1.91. The fourth-order valence-corrected chi connectivity index (χ4v) is 4.25. The van der Waals surface area contributed by atoms with Gasteiger partial charge < -0.3 is 0 Å². The number of amides is 2. The Morgan fingerprint density at radius 2 is 1.32 bits per heavy atom. The summed E-state index contributed by atoms with van der Waals surface area (Å²) < 4.78 is 57.9. The van der Waals surface area contributed by atoms with Gasteiger partial charge in [0.25, 0.3) is 17.4 Å². The number of pyridine rings is 1. The lowest BCUT2D eigenvalue weighted by molar-refractivity contribution is 0.0535. The van der Waals surface area contributed by atoms with Crippen LogP contribution in [0.4, 0.5) is 17.6 Å². The second kappa shape index (κ2) is 8.98. The first kappa shape index (κ1) is 23.9. The van der Waals surface area contributed by atoms with Gasteiger partial charge in [0.2, 0.25) is 0 Å². The molecule has 5 rings (SSSR count). The topological polar surface area (TPSA) is 76.5 Å². The molecule has 0 saturated heterocycles. The predicted molar refractivity (Wildman–Crippen MR) is 122 cm³/mol. The van der Waals surface area contributed by atoms with E-state index in [-0.39, 0.29) is 16.7 Å². The average Bonchev–Trinajstić information content (AvgIpc) is 3.11. The number of nitrogens with zero attached hydrogens (tertiary/aromatic N) is 2. The highest BCUT2D eigenvalue weighted by atomic mass is 19.1. The second-order valence-electron chi connectivity index (χ2n) is 8.15. The number of halogens is 4. The lowest BCUT2D eigenvalue weighted by atomic mass is 9.96. The first-order valence-electron chi connectivity index (χ1n) is 10.8. The van der Waals surface area contributed by atoms with E-state index in [2.05, 4.69) is 0 Å². The van der Waals surface area contributed by atoms with Crippen LogP contribution < -0.4 is 5.56 Å². The van der Waals surface area contributed by atoms with Crippen molar-refractivity contribution in [2.45, 2.75) is 6.04 Å². The van der Waals surface area contributed by atoms with Gasteiger partial charge in [0.15, 0.2) is 5.78 Å². The molecule has 1 aromatic heterocycles. The van der Waals surface area contributed by atoms with E-state index in [0.717, 1.165) is 48.7 Å². The van der Waals surface area contributed by atoms with E-state index in [1.54, 1.807) is 0 Å². The molecular weight excluding hydrogens is 492 g/mol. The Balaban J connectivity index is 1.69. The third kappa shape index (κ3) is 3.92. The molecule has 0 radical (unpaired) electrons. The molecule has 2 heterocycles.